The minimum atomic E-state index is 0.163. The van der Waals surface area contributed by atoms with Gasteiger partial charge < -0.3 is 5.32 Å². The molecule has 0 aliphatic carbocycles. The Bertz CT molecular complexity index is 495. The van der Waals surface area contributed by atoms with Crippen molar-refractivity contribution in [3.63, 3.8) is 0 Å². The molecule has 17 heavy (non-hydrogen) atoms. The van der Waals surface area contributed by atoms with Crippen LogP contribution in [0, 0.1) is 0 Å². The second-order valence-corrected chi connectivity index (χ2v) is 5.27. The van der Waals surface area contributed by atoms with Gasteiger partial charge in [-0.05, 0) is 57.5 Å². The maximum atomic E-state index is 4.41. The molecule has 0 atom stereocenters. The van der Waals surface area contributed by atoms with E-state index in [9.17, 15) is 0 Å². The second kappa shape index (κ2) is 4.80. The van der Waals surface area contributed by atoms with E-state index in [1.165, 1.54) is 5.56 Å². The second-order valence-electron chi connectivity index (χ2n) is 5.27. The monoisotopic (exact) mass is 229 g/mol. The van der Waals surface area contributed by atoms with Crippen LogP contribution in [0.4, 0.5) is 0 Å². The third kappa shape index (κ3) is 3.24. The van der Waals surface area contributed by atoms with E-state index >= 15 is 0 Å². The SMILES string of the molecule is CC(C)(C)NCCc1ccnc2cccnc12. The van der Waals surface area contributed by atoms with E-state index < -0.39 is 0 Å². The number of hydrogen-bond acceptors (Lipinski definition) is 3. The molecule has 0 aromatic carbocycles. The molecule has 2 aromatic rings. The van der Waals surface area contributed by atoms with Crippen LogP contribution in [0.5, 0.6) is 0 Å². The molecule has 2 aromatic heterocycles. The first kappa shape index (κ1) is 12.0. The molecule has 0 radical (unpaired) electrons. The lowest BCUT2D eigenvalue weighted by Gasteiger charge is -2.20. The molecule has 90 valence electrons. The van der Waals surface area contributed by atoms with Gasteiger partial charge in [-0.2, -0.15) is 0 Å². The van der Waals surface area contributed by atoms with E-state index in [0.717, 1.165) is 24.0 Å². The summed E-state index contributed by atoms with van der Waals surface area (Å²) in [5.74, 6) is 0. The van der Waals surface area contributed by atoms with Crippen LogP contribution in [0.2, 0.25) is 0 Å². The van der Waals surface area contributed by atoms with Crippen LogP contribution in [0.3, 0.4) is 0 Å². The minimum absolute atomic E-state index is 0.163. The van der Waals surface area contributed by atoms with Gasteiger partial charge in [-0.3, -0.25) is 9.97 Å². The van der Waals surface area contributed by atoms with E-state index in [-0.39, 0.29) is 5.54 Å². The number of aromatic nitrogens is 2. The standard InChI is InChI=1S/C14H19N3/c1-14(2,3)17-10-7-11-6-9-15-12-5-4-8-16-13(11)12/h4-6,8-9,17H,7,10H2,1-3H3. The molecule has 0 aliphatic rings. The predicted octanol–water partition coefficient (Wildman–Crippen LogP) is 2.56. The van der Waals surface area contributed by atoms with Crippen molar-refractivity contribution < 1.29 is 0 Å². The third-order valence-electron chi connectivity index (χ3n) is 2.63. The van der Waals surface area contributed by atoms with Gasteiger partial charge in [0.1, 0.15) is 0 Å². The Labute approximate surface area is 102 Å². The highest BCUT2D eigenvalue weighted by Crippen LogP contribution is 2.13. The number of fused-ring (bicyclic) bond motifs is 1. The number of rotatable bonds is 3. The molecule has 0 fully saturated rings. The molecule has 0 amide bonds. The molecule has 3 heteroatoms. The molecular formula is C14H19N3. The maximum Gasteiger partial charge on any atom is 0.0919 e. The van der Waals surface area contributed by atoms with Crippen molar-refractivity contribution in [3.05, 3.63) is 36.2 Å². The van der Waals surface area contributed by atoms with E-state index in [1.807, 2.05) is 24.5 Å². The maximum absolute atomic E-state index is 4.41. The summed E-state index contributed by atoms with van der Waals surface area (Å²) >= 11 is 0. The van der Waals surface area contributed by atoms with Crippen molar-refractivity contribution in [1.82, 2.24) is 15.3 Å². The van der Waals surface area contributed by atoms with Crippen molar-refractivity contribution in [1.29, 1.82) is 0 Å². The van der Waals surface area contributed by atoms with Crippen molar-refractivity contribution in [2.75, 3.05) is 6.54 Å². The van der Waals surface area contributed by atoms with Gasteiger partial charge in [-0.25, -0.2) is 0 Å². The fraction of sp³-hybridized carbons (Fsp3) is 0.429. The van der Waals surface area contributed by atoms with Gasteiger partial charge in [-0.1, -0.05) is 0 Å². The number of hydrogen-bond donors (Lipinski definition) is 1. The molecule has 0 saturated heterocycles. The smallest absolute Gasteiger partial charge is 0.0919 e. The van der Waals surface area contributed by atoms with Gasteiger partial charge in [0.15, 0.2) is 0 Å². The third-order valence-corrected chi connectivity index (χ3v) is 2.63. The highest BCUT2D eigenvalue weighted by Gasteiger charge is 2.08. The van der Waals surface area contributed by atoms with Crippen molar-refractivity contribution in [2.24, 2.45) is 0 Å². The summed E-state index contributed by atoms with van der Waals surface area (Å²) in [5, 5.41) is 3.49. The van der Waals surface area contributed by atoms with Crippen LogP contribution in [-0.4, -0.2) is 22.1 Å². The van der Waals surface area contributed by atoms with Gasteiger partial charge >= 0.3 is 0 Å². The van der Waals surface area contributed by atoms with E-state index in [1.54, 1.807) is 0 Å². The van der Waals surface area contributed by atoms with Gasteiger partial charge in [0.05, 0.1) is 11.0 Å². The van der Waals surface area contributed by atoms with E-state index in [4.69, 9.17) is 0 Å². The van der Waals surface area contributed by atoms with Crippen molar-refractivity contribution in [3.8, 4) is 0 Å². The van der Waals surface area contributed by atoms with Crippen LogP contribution in [-0.2, 0) is 6.42 Å². The molecule has 2 rings (SSSR count). The zero-order valence-corrected chi connectivity index (χ0v) is 10.7. The van der Waals surface area contributed by atoms with Crippen LogP contribution in [0.15, 0.2) is 30.6 Å². The Kier molecular flexibility index (Phi) is 3.38. The normalized spacial score (nSPS) is 11.9. The molecule has 0 spiro atoms. The summed E-state index contributed by atoms with van der Waals surface area (Å²) in [6, 6.07) is 5.98. The van der Waals surface area contributed by atoms with E-state index in [2.05, 4.69) is 42.1 Å². The molecule has 0 aliphatic heterocycles. The summed E-state index contributed by atoms with van der Waals surface area (Å²) in [7, 11) is 0. The van der Waals surface area contributed by atoms with Crippen LogP contribution in [0.25, 0.3) is 11.0 Å². The molecule has 0 saturated carbocycles. The predicted molar refractivity (Wildman–Crippen MR) is 71.0 cm³/mol. The zero-order chi connectivity index (χ0) is 12.3. The van der Waals surface area contributed by atoms with E-state index in [0.29, 0.717) is 0 Å². The molecule has 0 bridgehead atoms. The van der Waals surface area contributed by atoms with Gasteiger partial charge in [0.25, 0.3) is 0 Å². The number of nitrogens with zero attached hydrogens (tertiary/aromatic N) is 2. The summed E-state index contributed by atoms with van der Waals surface area (Å²) in [4.78, 5) is 8.72. The van der Waals surface area contributed by atoms with Crippen LogP contribution >= 0.6 is 0 Å². The Morgan fingerprint density at radius 1 is 1.12 bits per heavy atom. The van der Waals surface area contributed by atoms with Gasteiger partial charge in [0, 0.05) is 17.9 Å². The topological polar surface area (TPSA) is 37.8 Å². The molecule has 3 nitrogen and oxygen atoms in total. The van der Waals surface area contributed by atoms with Crippen LogP contribution < -0.4 is 5.32 Å². The zero-order valence-electron chi connectivity index (χ0n) is 10.7. The Morgan fingerprint density at radius 2 is 1.94 bits per heavy atom. The Hall–Kier alpha value is -1.48. The summed E-state index contributed by atoms with van der Waals surface area (Å²) < 4.78 is 0. The first-order valence-corrected chi connectivity index (χ1v) is 6.00. The highest BCUT2D eigenvalue weighted by molar-refractivity contribution is 5.77. The van der Waals surface area contributed by atoms with Crippen molar-refractivity contribution in [2.45, 2.75) is 32.7 Å². The highest BCUT2D eigenvalue weighted by atomic mass is 14.9. The lowest BCUT2D eigenvalue weighted by Crippen LogP contribution is -2.37. The van der Waals surface area contributed by atoms with Gasteiger partial charge in [-0.15, -0.1) is 0 Å². The lowest BCUT2D eigenvalue weighted by molar-refractivity contribution is 0.430. The number of nitrogens with one attached hydrogen (secondary N) is 1. The Morgan fingerprint density at radius 3 is 2.71 bits per heavy atom. The first-order chi connectivity index (χ1) is 8.06. The summed E-state index contributed by atoms with van der Waals surface area (Å²) in [5.41, 5.74) is 3.41. The molecular weight excluding hydrogens is 210 g/mol. The summed E-state index contributed by atoms with van der Waals surface area (Å²) in [6.45, 7) is 7.49. The molecule has 0 unspecified atom stereocenters. The largest absolute Gasteiger partial charge is 0.312 e. The first-order valence-electron chi connectivity index (χ1n) is 6.00. The van der Waals surface area contributed by atoms with Crippen LogP contribution in [0.1, 0.15) is 26.3 Å². The fourth-order valence-electron chi connectivity index (χ4n) is 1.81. The summed E-state index contributed by atoms with van der Waals surface area (Å²) in [6.07, 6.45) is 4.66. The fourth-order valence-corrected chi connectivity index (χ4v) is 1.81. The Balaban J connectivity index is 2.13. The average molecular weight is 229 g/mol. The van der Waals surface area contributed by atoms with Gasteiger partial charge in [0.2, 0.25) is 0 Å². The minimum Gasteiger partial charge on any atom is -0.312 e. The lowest BCUT2D eigenvalue weighted by atomic mass is 10.1. The molecule has 1 N–H and O–H groups in total. The molecule has 2 heterocycles. The number of pyridine rings is 2. The quantitative estimate of drug-likeness (QED) is 0.879. The van der Waals surface area contributed by atoms with Crippen molar-refractivity contribution >= 4 is 11.0 Å². The average Bonchev–Trinajstić information content (AvgIpc) is 2.28.